The Balaban J connectivity index is 2.62. The van der Waals surface area contributed by atoms with Crippen LogP contribution in [0.15, 0.2) is 28.7 Å². The summed E-state index contributed by atoms with van der Waals surface area (Å²) in [6.45, 7) is 4.28. The van der Waals surface area contributed by atoms with Crippen molar-refractivity contribution < 1.29 is 0 Å². The Morgan fingerprint density at radius 2 is 2.07 bits per heavy atom. The monoisotopic (exact) mass is 263 g/mol. The molecular weight excluding hydrogens is 250 g/mol. The Labute approximate surface area is 98.7 Å². The largest absolute Gasteiger partial charge is 0.253 e. The van der Waals surface area contributed by atoms with Gasteiger partial charge in [-0.2, -0.15) is 0 Å². The number of aryl methyl sites for hydroxylation is 2. The van der Waals surface area contributed by atoms with E-state index in [0.29, 0.717) is 0 Å². The summed E-state index contributed by atoms with van der Waals surface area (Å²) in [5.41, 5.74) is 3.52. The van der Waals surface area contributed by atoms with Gasteiger partial charge in [0.05, 0.1) is 5.52 Å². The molecule has 0 saturated heterocycles. The normalized spacial score (nSPS) is 10.9. The summed E-state index contributed by atoms with van der Waals surface area (Å²) in [5, 5.41) is 1.20. The van der Waals surface area contributed by atoms with Gasteiger partial charge in [-0.05, 0) is 31.5 Å². The van der Waals surface area contributed by atoms with Crippen LogP contribution >= 0.6 is 15.9 Å². The molecule has 78 valence electrons. The maximum absolute atomic E-state index is 4.64. The number of hydrogen-bond acceptors (Lipinski definition) is 1. The second-order valence-electron chi connectivity index (χ2n) is 3.87. The number of benzene rings is 1. The summed E-state index contributed by atoms with van der Waals surface area (Å²) < 4.78 is 1.15. The zero-order valence-corrected chi connectivity index (χ0v) is 10.6. The summed E-state index contributed by atoms with van der Waals surface area (Å²) in [6.07, 6.45) is 2.18. The lowest BCUT2D eigenvalue weighted by Crippen LogP contribution is -1.91. The van der Waals surface area contributed by atoms with Crippen LogP contribution in [0.4, 0.5) is 0 Å². The molecule has 0 atom stereocenters. The summed E-state index contributed by atoms with van der Waals surface area (Å²) >= 11 is 3.61. The van der Waals surface area contributed by atoms with Crippen LogP contribution in [-0.2, 0) is 6.42 Å². The van der Waals surface area contributed by atoms with Crippen LogP contribution in [0.25, 0.3) is 10.9 Å². The molecule has 0 aliphatic carbocycles. The fraction of sp³-hybridized carbons (Fsp3) is 0.308. The summed E-state index contributed by atoms with van der Waals surface area (Å²) in [5.74, 6) is 0. The molecule has 1 aromatic heterocycles. The number of nitrogens with zero attached hydrogens (tertiary/aromatic N) is 1. The molecule has 1 aromatic carbocycles. The van der Waals surface area contributed by atoms with E-state index in [2.05, 4.69) is 59.0 Å². The first-order valence-corrected chi connectivity index (χ1v) is 6.06. The van der Waals surface area contributed by atoms with Crippen molar-refractivity contribution in [3.05, 3.63) is 40.0 Å². The molecule has 0 amide bonds. The molecule has 2 heteroatoms. The first-order valence-electron chi connectivity index (χ1n) is 5.26. The van der Waals surface area contributed by atoms with Crippen molar-refractivity contribution in [2.24, 2.45) is 0 Å². The minimum atomic E-state index is 1.04. The van der Waals surface area contributed by atoms with E-state index in [1.807, 2.05) is 0 Å². The topological polar surface area (TPSA) is 12.9 Å². The Hall–Kier alpha value is -0.890. The average molecular weight is 264 g/mol. The van der Waals surface area contributed by atoms with E-state index in [1.54, 1.807) is 0 Å². The Morgan fingerprint density at radius 3 is 2.80 bits per heavy atom. The van der Waals surface area contributed by atoms with E-state index >= 15 is 0 Å². The first kappa shape index (κ1) is 10.6. The van der Waals surface area contributed by atoms with Crippen molar-refractivity contribution in [3.8, 4) is 0 Å². The van der Waals surface area contributed by atoms with E-state index in [4.69, 9.17) is 0 Å². The van der Waals surface area contributed by atoms with Crippen molar-refractivity contribution in [2.45, 2.75) is 26.7 Å². The van der Waals surface area contributed by atoms with Crippen molar-refractivity contribution in [1.29, 1.82) is 0 Å². The highest BCUT2D eigenvalue weighted by molar-refractivity contribution is 9.10. The molecule has 0 saturated carbocycles. The molecule has 0 radical (unpaired) electrons. The molecule has 1 heterocycles. The third-order valence-corrected chi connectivity index (χ3v) is 3.13. The molecule has 0 spiro atoms. The number of halogens is 1. The summed E-state index contributed by atoms with van der Waals surface area (Å²) in [4.78, 5) is 4.64. The van der Waals surface area contributed by atoms with Gasteiger partial charge in [-0.3, -0.25) is 4.98 Å². The zero-order valence-electron chi connectivity index (χ0n) is 9.05. The van der Waals surface area contributed by atoms with Crippen molar-refractivity contribution in [3.63, 3.8) is 0 Å². The van der Waals surface area contributed by atoms with Gasteiger partial charge >= 0.3 is 0 Å². The highest BCUT2D eigenvalue weighted by atomic mass is 79.9. The first-order chi connectivity index (χ1) is 7.20. The van der Waals surface area contributed by atoms with Crippen molar-refractivity contribution in [1.82, 2.24) is 4.98 Å². The summed E-state index contributed by atoms with van der Waals surface area (Å²) in [7, 11) is 0. The third kappa shape index (κ3) is 2.20. The van der Waals surface area contributed by atoms with Crippen LogP contribution in [-0.4, -0.2) is 4.98 Å². The quantitative estimate of drug-likeness (QED) is 0.789. The van der Waals surface area contributed by atoms with Gasteiger partial charge in [0.25, 0.3) is 0 Å². The molecule has 15 heavy (non-hydrogen) atoms. The standard InChI is InChI=1S/C13H14BrN/c1-3-4-10-8-12(14)11-7-9(2)5-6-13(11)15-10/h5-8H,3-4H2,1-2H3. The van der Waals surface area contributed by atoms with Gasteiger partial charge in [0.15, 0.2) is 0 Å². The zero-order chi connectivity index (χ0) is 10.8. The Morgan fingerprint density at radius 1 is 1.27 bits per heavy atom. The number of pyridine rings is 1. The molecule has 0 bridgehead atoms. The van der Waals surface area contributed by atoms with Gasteiger partial charge in [-0.15, -0.1) is 0 Å². The molecule has 0 N–H and O–H groups in total. The smallest absolute Gasteiger partial charge is 0.0716 e. The Kier molecular flexibility index (Phi) is 3.06. The van der Waals surface area contributed by atoms with Crippen molar-refractivity contribution in [2.75, 3.05) is 0 Å². The number of rotatable bonds is 2. The second kappa shape index (κ2) is 4.31. The lowest BCUT2D eigenvalue weighted by atomic mass is 10.1. The Bertz CT molecular complexity index is 491. The predicted octanol–water partition coefficient (Wildman–Crippen LogP) is 4.26. The van der Waals surface area contributed by atoms with E-state index in [1.165, 1.54) is 16.6 Å². The van der Waals surface area contributed by atoms with Crippen LogP contribution in [0.3, 0.4) is 0 Å². The molecule has 0 fully saturated rings. The van der Waals surface area contributed by atoms with Crippen LogP contribution in [0.2, 0.25) is 0 Å². The van der Waals surface area contributed by atoms with E-state index in [0.717, 1.165) is 22.8 Å². The van der Waals surface area contributed by atoms with Gasteiger partial charge in [-0.25, -0.2) is 0 Å². The van der Waals surface area contributed by atoms with Gasteiger partial charge < -0.3 is 0 Å². The third-order valence-electron chi connectivity index (χ3n) is 2.47. The predicted molar refractivity (Wildman–Crippen MR) is 68.2 cm³/mol. The van der Waals surface area contributed by atoms with Crippen LogP contribution in [0.1, 0.15) is 24.6 Å². The number of hydrogen-bond donors (Lipinski definition) is 0. The molecule has 0 unspecified atom stereocenters. The second-order valence-corrected chi connectivity index (χ2v) is 4.72. The molecule has 2 aromatic rings. The SMILES string of the molecule is CCCc1cc(Br)c2cc(C)ccc2n1. The summed E-state index contributed by atoms with van der Waals surface area (Å²) in [6, 6.07) is 8.50. The molecular formula is C13H14BrN. The molecule has 0 aliphatic heterocycles. The maximum Gasteiger partial charge on any atom is 0.0716 e. The number of fused-ring (bicyclic) bond motifs is 1. The van der Waals surface area contributed by atoms with Gasteiger partial charge in [-0.1, -0.05) is 40.9 Å². The fourth-order valence-corrected chi connectivity index (χ4v) is 2.32. The molecule has 1 nitrogen and oxygen atoms in total. The van der Waals surface area contributed by atoms with Gasteiger partial charge in [0, 0.05) is 15.6 Å². The highest BCUT2D eigenvalue weighted by Crippen LogP contribution is 2.24. The van der Waals surface area contributed by atoms with E-state index in [9.17, 15) is 0 Å². The molecule has 0 aliphatic rings. The fourth-order valence-electron chi connectivity index (χ4n) is 1.73. The molecule has 2 rings (SSSR count). The van der Waals surface area contributed by atoms with Crippen LogP contribution in [0.5, 0.6) is 0 Å². The van der Waals surface area contributed by atoms with E-state index in [-0.39, 0.29) is 0 Å². The highest BCUT2D eigenvalue weighted by Gasteiger charge is 2.03. The van der Waals surface area contributed by atoms with Gasteiger partial charge in [0.1, 0.15) is 0 Å². The van der Waals surface area contributed by atoms with Crippen LogP contribution < -0.4 is 0 Å². The maximum atomic E-state index is 4.64. The van der Waals surface area contributed by atoms with E-state index < -0.39 is 0 Å². The average Bonchev–Trinajstić information content (AvgIpc) is 2.20. The lowest BCUT2D eigenvalue weighted by Gasteiger charge is -2.05. The van der Waals surface area contributed by atoms with Crippen molar-refractivity contribution >= 4 is 26.8 Å². The lowest BCUT2D eigenvalue weighted by molar-refractivity contribution is 0.889. The number of aromatic nitrogens is 1. The van der Waals surface area contributed by atoms with Gasteiger partial charge in [0.2, 0.25) is 0 Å². The van der Waals surface area contributed by atoms with Crippen LogP contribution in [0, 0.1) is 6.92 Å². The minimum absolute atomic E-state index is 1.04. The minimum Gasteiger partial charge on any atom is -0.253 e.